The minimum absolute atomic E-state index is 0.0118. The highest BCUT2D eigenvalue weighted by Gasteiger charge is 2.13. The Kier molecular flexibility index (Phi) is 6.51. The van der Waals surface area contributed by atoms with Crippen LogP contribution in [0.15, 0.2) is 0 Å². The van der Waals surface area contributed by atoms with Crippen LogP contribution in [0.25, 0.3) is 0 Å². The number of hydrogen-bond acceptors (Lipinski definition) is 4. The fraction of sp³-hybridized carbons (Fsp3) is 0.889. The maximum Gasteiger partial charge on any atom is 0.247 e. The van der Waals surface area contributed by atoms with Gasteiger partial charge in [-0.2, -0.15) is 0 Å². The highest BCUT2D eigenvalue weighted by molar-refractivity contribution is 7.90. The molecule has 0 aromatic heterocycles. The molecule has 0 aliphatic carbocycles. The summed E-state index contributed by atoms with van der Waals surface area (Å²) < 4.78 is 24.4. The smallest absolute Gasteiger partial charge is 0.247 e. The summed E-state index contributed by atoms with van der Waals surface area (Å²) in [6, 6.07) is 0.213. The van der Waals surface area contributed by atoms with Gasteiger partial charge in [-0.1, -0.05) is 13.8 Å². The summed E-state index contributed by atoms with van der Waals surface area (Å²) in [6.45, 7) is 5.72. The Morgan fingerprint density at radius 3 is 2.40 bits per heavy atom. The van der Waals surface area contributed by atoms with Gasteiger partial charge in [0.1, 0.15) is 0 Å². The predicted molar refractivity (Wildman–Crippen MR) is 60.0 cm³/mol. The van der Waals surface area contributed by atoms with E-state index in [0.29, 0.717) is 6.42 Å². The van der Waals surface area contributed by atoms with E-state index in [2.05, 4.69) is 5.32 Å². The maximum absolute atomic E-state index is 11.2. The van der Waals surface area contributed by atoms with E-state index >= 15 is 0 Å². The van der Waals surface area contributed by atoms with Crippen molar-refractivity contribution in [2.45, 2.75) is 39.7 Å². The number of amides is 1. The molecule has 0 saturated carbocycles. The van der Waals surface area contributed by atoms with Crippen molar-refractivity contribution < 1.29 is 13.2 Å². The molecule has 1 unspecified atom stereocenters. The van der Waals surface area contributed by atoms with Gasteiger partial charge in [0.15, 0.2) is 0 Å². The third-order valence-corrected chi connectivity index (χ3v) is 3.45. The molecule has 0 heterocycles. The van der Waals surface area contributed by atoms with Crippen LogP contribution in [-0.4, -0.2) is 32.7 Å². The Balaban J connectivity index is 3.94. The van der Waals surface area contributed by atoms with Gasteiger partial charge in [0.25, 0.3) is 0 Å². The second-order valence-corrected chi connectivity index (χ2v) is 5.38. The lowest BCUT2D eigenvalue weighted by atomic mass is 10.3. The molecule has 0 aromatic rings. The van der Waals surface area contributed by atoms with Gasteiger partial charge in [-0.15, -0.1) is 0 Å². The molecule has 5 nitrogen and oxygen atoms in total. The highest BCUT2D eigenvalue weighted by atomic mass is 32.2. The van der Waals surface area contributed by atoms with Crippen molar-refractivity contribution in [1.82, 2.24) is 10.0 Å². The van der Waals surface area contributed by atoms with Crippen LogP contribution in [0.3, 0.4) is 0 Å². The molecule has 1 atom stereocenters. The van der Waals surface area contributed by atoms with Crippen molar-refractivity contribution in [1.29, 1.82) is 0 Å². The van der Waals surface area contributed by atoms with Crippen molar-refractivity contribution in [2.75, 3.05) is 12.3 Å². The van der Waals surface area contributed by atoms with Crippen LogP contribution in [-0.2, 0) is 14.8 Å². The van der Waals surface area contributed by atoms with Gasteiger partial charge in [0, 0.05) is 6.04 Å². The molecule has 0 bridgehead atoms. The zero-order chi connectivity index (χ0) is 11.9. The van der Waals surface area contributed by atoms with Gasteiger partial charge in [-0.3, -0.25) is 9.52 Å². The van der Waals surface area contributed by atoms with Crippen LogP contribution in [0.5, 0.6) is 0 Å². The van der Waals surface area contributed by atoms with Gasteiger partial charge in [0.05, 0.1) is 12.3 Å². The van der Waals surface area contributed by atoms with E-state index in [0.717, 1.165) is 6.42 Å². The second kappa shape index (κ2) is 6.79. The van der Waals surface area contributed by atoms with Crippen LogP contribution >= 0.6 is 0 Å². The van der Waals surface area contributed by atoms with Crippen LogP contribution in [0, 0.1) is 0 Å². The highest BCUT2D eigenvalue weighted by Crippen LogP contribution is 1.89. The van der Waals surface area contributed by atoms with E-state index in [1.165, 1.54) is 0 Å². The topological polar surface area (TPSA) is 75.3 Å². The summed E-state index contributed by atoms with van der Waals surface area (Å²) in [6.07, 6.45) is 1.40. The Bertz CT molecular complexity index is 288. The predicted octanol–water partition coefficient (Wildman–Crippen LogP) is 0.231. The molecule has 0 rings (SSSR count). The molecule has 1 amide bonds. The van der Waals surface area contributed by atoms with E-state index in [1.807, 2.05) is 18.6 Å². The quantitative estimate of drug-likeness (QED) is 0.663. The van der Waals surface area contributed by atoms with Crippen LogP contribution in [0.1, 0.15) is 33.6 Å². The van der Waals surface area contributed by atoms with E-state index in [-0.39, 0.29) is 18.3 Å². The Hall–Kier alpha value is -0.620. The molecular weight excluding hydrogens is 216 g/mol. The van der Waals surface area contributed by atoms with Crippen molar-refractivity contribution in [3.63, 3.8) is 0 Å². The molecule has 0 aliphatic heterocycles. The Labute approximate surface area is 91.7 Å². The fourth-order valence-corrected chi connectivity index (χ4v) is 2.00. The van der Waals surface area contributed by atoms with Gasteiger partial charge in [-0.05, 0) is 19.8 Å². The fourth-order valence-electron chi connectivity index (χ4n) is 0.941. The van der Waals surface area contributed by atoms with Crippen molar-refractivity contribution >= 4 is 15.9 Å². The average molecular weight is 236 g/mol. The van der Waals surface area contributed by atoms with Gasteiger partial charge >= 0.3 is 0 Å². The maximum atomic E-state index is 11.2. The lowest BCUT2D eigenvalue weighted by molar-refractivity contribution is -0.118. The van der Waals surface area contributed by atoms with Gasteiger partial charge in [0.2, 0.25) is 15.9 Å². The number of hydrogen-bond donors (Lipinski definition) is 2. The summed E-state index contributed by atoms with van der Waals surface area (Å²) in [5, 5.41) is 2.92. The van der Waals surface area contributed by atoms with E-state index < -0.39 is 15.9 Å². The monoisotopic (exact) mass is 236 g/mol. The third-order valence-electron chi connectivity index (χ3n) is 1.97. The van der Waals surface area contributed by atoms with Gasteiger partial charge in [-0.25, -0.2) is 8.42 Å². The number of rotatable bonds is 7. The van der Waals surface area contributed by atoms with E-state index in [1.54, 1.807) is 6.92 Å². The number of carbonyl (C=O) groups is 1. The van der Waals surface area contributed by atoms with Crippen LogP contribution in [0.4, 0.5) is 0 Å². The summed E-state index contributed by atoms with van der Waals surface area (Å²) in [7, 11) is -3.43. The molecule has 0 aliphatic rings. The molecule has 2 N–H and O–H groups in total. The molecule has 0 spiro atoms. The number of carbonyl (C=O) groups excluding carboxylic acids is 1. The van der Waals surface area contributed by atoms with Gasteiger partial charge < -0.3 is 5.32 Å². The number of nitrogens with one attached hydrogen (secondary N) is 2. The molecular formula is C9H20N2O3S. The minimum atomic E-state index is -3.43. The molecule has 6 heteroatoms. The zero-order valence-corrected chi connectivity index (χ0v) is 10.4. The van der Waals surface area contributed by atoms with Crippen molar-refractivity contribution in [3.05, 3.63) is 0 Å². The van der Waals surface area contributed by atoms with Crippen LogP contribution < -0.4 is 10.0 Å². The Morgan fingerprint density at radius 1 is 1.33 bits per heavy atom. The lowest BCUT2D eigenvalue weighted by Crippen LogP contribution is -2.41. The largest absolute Gasteiger partial charge is 0.306 e. The molecule has 0 saturated heterocycles. The SMILES string of the molecule is CCCS(=O)(=O)NC(=O)CNC(C)CC. The number of sulfonamides is 1. The molecule has 0 fully saturated rings. The molecule has 90 valence electrons. The first kappa shape index (κ1) is 14.4. The zero-order valence-electron chi connectivity index (χ0n) is 9.54. The molecule has 0 radical (unpaired) electrons. The average Bonchev–Trinajstić information content (AvgIpc) is 2.13. The second-order valence-electron chi connectivity index (χ2n) is 3.53. The standard InChI is InChI=1S/C9H20N2O3S/c1-4-6-15(13,14)11-9(12)7-10-8(3)5-2/h8,10H,4-7H2,1-3H3,(H,11,12). The summed E-state index contributed by atoms with van der Waals surface area (Å²) in [4.78, 5) is 11.2. The Morgan fingerprint density at radius 2 is 1.93 bits per heavy atom. The minimum Gasteiger partial charge on any atom is -0.306 e. The van der Waals surface area contributed by atoms with E-state index in [9.17, 15) is 13.2 Å². The summed E-state index contributed by atoms with van der Waals surface area (Å²) in [5.74, 6) is -0.508. The summed E-state index contributed by atoms with van der Waals surface area (Å²) in [5.41, 5.74) is 0. The first-order valence-electron chi connectivity index (χ1n) is 5.18. The lowest BCUT2D eigenvalue weighted by Gasteiger charge is -2.11. The normalized spacial score (nSPS) is 13.5. The first-order chi connectivity index (χ1) is 6.91. The first-order valence-corrected chi connectivity index (χ1v) is 6.83. The van der Waals surface area contributed by atoms with Crippen LogP contribution in [0.2, 0.25) is 0 Å². The molecule has 0 aromatic carbocycles. The van der Waals surface area contributed by atoms with E-state index in [4.69, 9.17) is 0 Å². The van der Waals surface area contributed by atoms with Crippen molar-refractivity contribution in [2.24, 2.45) is 0 Å². The van der Waals surface area contributed by atoms with Crippen molar-refractivity contribution in [3.8, 4) is 0 Å². The molecule has 15 heavy (non-hydrogen) atoms. The summed E-state index contributed by atoms with van der Waals surface area (Å²) >= 11 is 0. The third kappa shape index (κ3) is 7.33.